The summed E-state index contributed by atoms with van der Waals surface area (Å²) in [4.78, 5) is 37.8. The second kappa shape index (κ2) is 12.3. The number of hydrogen-bond donors (Lipinski definition) is 1. The molecule has 1 aromatic carbocycles. The maximum absolute atomic E-state index is 14.3. The zero-order chi connectivity index (χ0) is 29.1. The average Bonchev–Trinajstić information content (AvgIpc) is 3.61. The number of aromatic nitrogens is 2. The Labute approximate surface area is 236 Å². The van der Waals surface area contributed by atoms with E-state index < -0.39 is 17.8 Å². The van der Waals surface area contributed by atoms with Crippen LogP contribution in [0.5, 0.6) is 5.75 Å². The number of anilines is 2. The zero-order valence-corrected chi connectivity index (χ0v) is 24.6. The molecular weight excluding hydrogens is 549 g/mol. The van der Waals surface area contributed by atoms with E-state index >= 15 is 0 Å². The molecule has 13 heteroatoms. The van der Waals surface area contributed by atoms with Crippen LogP contribution in [-0.4, -0.2) is 48.4 Å². The van der Waals surface area contributed by atoms with Crippen LogP contribution in [0.1, 0.15) is 65.3 Å². The van der Waals surface area contributed by atoms with E-state index in [2.05, 4.69) is 36.3 Å². The van der Waals surface area contributed by atoms with Crippen molar-refractivity contribution in [2.45, 2.75) is 71.8 Å². The zero-order valence-electron chi connectivity index (χ0n) is 23.1. The lowest BCUT2D eigenvalue weighted by molar-refractivity contribution is -0.114. The molecule has 212 valence electrons. The van der Waals surface area contributed by atoms with Gasteiger partial charge < -0.3 is 14.8 Å². The first-order valence-electron chi connectivity index (χ1n) is 12.4. The molecule has 0 unspecified atom stereocenters. The highest BCUT2D eigenvalue weighted by molar-refractivity contribution is 7.15. The first-order valence-corrected chi connectivity index (χ1v) is 13.6. The van der Waals surface area contributed by atoms with E-state index in [-0.39, 0.29) is 39.8 Å². The molecule has 2 fully saturated rings. The van der Waals surface area contributed by atoms with Crippen molar-refractivity contribution in [1.82, 2.24) is 15.5 Å². The van der Waals surface area contributed by atoms with E-state index in [0.29, 0.717) is 15.6 Å². The molecule has 1 aliphatic heterocycles. The van der Waals surface area contributed by atoms with E-state index in [0.717, 1.165) is 36.8 Å². The Morgan fingerprint density at radius 3 is 2.38 bits per heavy atom. The Hall–Kier alpha value is -3.25. The SMILES string of the molecule is CC(C)=C1OC(=O)N(c2cc(OC3CCCC3)c(Cl)cc2F)C1=O.CNC(=O)N(C)c1nnc(C(C)(C)C)s1. The Bertz CT molecular complexity index is 1280. The summed E-state index contributed by atoms with van der Waals surface area (Å²) < 4.78 is 25.1. The Morgan fingerprint density at radius 1 is 1.23 bits per heavy atom. The highest BCUT2D eigenvalue weighted by Gasteiger charge is 2.40. The lowest BCUT2D eigenvalue weighted by atomic mass is 9.98. The molecule has 2 aliphatic rings. The van der Waals surface area contributed by atoms with Crippen molar-refractivity contribution < 1.29 is 28.2 Å². The molecule has 2 aromatic rings. The van der Waals surface area contributed by atoms with Gasteiger partial charge in [0.05, 0.1) is 16.8 Å². The molecule has 0 bridgehead atoms. The minimum absolute atomic E-state index is 0.00962. The maximum Gasteiger partial charge on any atom is 0.427 e. The number of carbonyl (C=O) groups is 3. The molecule has 4 rings (SSSR count). The standard InChI is InChI=1S/C17H17ClFNO4.C9H16N4OS/c1-9(2)15-16(21)20(17(22)24-15)13-8-14(11(18)7-12(13)19)23-10-5-3-4-6-10;1-9(2,3)6-11-12-8(15-6)13(5)7(14)10-4/h7-8,10H,3-6H2,1-2H3;1-5H3,(H,10,14). The second-order valence-electron chi connectivity index (χ2n) is 10.3. The number of rotatable bonds is 4. The van der Waals surface area contributed by atoms with Crippen LogP contribution in [0.3, 0.4) is 0 Å². The van der Waals surface area contributed by atoms with Gasteiger partial charge in [-0.2, -0.15) is 0 Å². The molecule has 1 aliphatic carbocycles. The molecule has 1 saturated heterocycles. The number of nitrogens with zero attached hydrogens (tertiary/aromatic N) is 4. The number of cyclic esters (lactones) is 1. The topological polar surface area (TPSA) is 114 Å². The normalized spacial score (nSPS) is 15.6. The predicted molar refractivity (Wildman–Crippen MR) is 148 cm³/mol. The third kappa shape index (κ3) is 7.04. The van der Waals surface area contributed by atoms with Gasteiger partial charge in [0.15, 0.2) is 5.76 Å². The van der Waals surface area contributed by atoms with Crippen molar-refractivity contribution in [3.63, 3.8) is 0 Å². The van der Waals surface area contributed by atoms with Crippen LogP contribution >= 0.6 is 22.9 Å². The fraction of sp³-hybridized carbons (Fsp3) is 0.500. The summed E-state index contributed by atoms with van der Waals surface area (Å²) in [7, 11) is 3.26. The minimum Gasteiger partial charge on any atom is -0.489 e. The average molecular weight is 582 g/mol. The smallest absolute Gasteiger partial charge is 0.427 e. The molecule has 39 heavy (non-hydrogen) atoms. The van der Waals surface area contributed by atoms with Crippen molar-refractivity contribution in [3.8, 4) is 5.75 Å². The number of benzene rings is 1. The van der Waals surface area contributed by atoms with Gasteiger partial charge in [0.25, 0.3) is 0 Å². The molecule has 0 radical (unpaired) electrons. The molecule has 0 atom stereocenters. The van der Waals surface area contributed by atoms with Gasteiger partial charge in [-0.15, -0.1) is 10.2 Å². The summed E-state index contributed by atoms with van der Waals surface area (Å²) in [6, 6.07) is 2.14. The quantitative estimate of drug-likeness (QED) is 0.428. The first-order chi connectivity index (χ1) is 18.2. The molecule has 4 amide bonds. The van der Waals surface area contributed by atoms with Gasteiger partial charge in [-0.1, -0.05) is 43.7 Å². The van der Waals surface area contributed by atoms with Gasteiger partial charge in [-0.25, -0.2) is 18.9 Å². The van der Waals surface area contributed by atoms with Gasteiger partial charge in [0.2, 0.25) is 5.13 Å². The van der Waals surface area contributed by atoms with Gasteiger partial charge >= 0.3 is 18.0 Å². The Morgan fingerprint density at radius 2 is 1.87 bits per heavy atom. The van der Waals surface area contributed by atoms with Crippen molar-refractivity contribution in [3.05, 3.63) is 39.3 Å². The maximum atomic E-state index is 14.3. The van der Waals surface area contributed by atoms with Crippen molar-refractivity contribution in [1.29, 1.82) is 0 Å². The Kier molecular flexibility index (Phi) is 9.55. The molecule has 10 nitrogen and oxygen atoms in total. The molecule has 0 spiro atoms. The van der Waals surface area contributed by atoms with Crippen molar-refractivity contribution >= 4 is 51.8 Å². The Balaban J connectivity index is 0.000000242. The predicted octanol–water partition coefficient (Wildman–Crippen LogP) is 6.19. The van der Waals surface area contributed by atoms with Crippen LogP contribution in [-0.2, 0) is 14.9 Å². The van der Waals surface area contributed by atoms with E-state index in [1.54, 1.807) is 27.9 Å². The van der Waals surface area contributed by atoms with Crippen LogP contribution in [0.15, 0.2) is 23.5 Å². The molecule has 2 heterocycles. The largest absolute Gasteiger partial charge is 0.489 e. The molecule has 1 N–H and O–H groups in total. The number of hydrogen-bond acceptors (Lipinski definition) is 8. The van der Waals surface area contributed by atoms with Gasteiger partial charge in [-0.3, -0.25) is 9.69 Å². The van der Waals surface area contributed by atoms with Crippen LogP contribution in [0, 0.1) is 5.82 Å². The summed E-state index contributed by atoms with van der Waals surface area (Å²) in [6.07, 6.45) is 3.00. The minimum atomic E-state index is -0.941. The fourth-order valence-corrected chi connectivity index (χ4v) is 4.82. The molecule has 1 aromatic heterocycles. The molecular formula is C26H33ClFN5O5S. The number of imide groups is 1. The lowest BCUT2D eigenvalue weighted by Crippen LogP contribution is -2.34. The summed E-state index contributed by atoms with van der Waals surface area (Å²) in [5.41, 5.74) is 0.283. The third-order valence-corrected chi connectivity index (χ3v) is 7.64. The lowest BCUT2D eigenvalue weighted by Gasteiger charge is -2.18. The van der Waals surface area contributed by atoms with E-state index in [4.69, 9.17) is 21.1 Å². The van der Waals surface area contributed by atoms with Gasteiger partial charge in [0.1, 0.15) is 16.6 Å². The summed E-state index contributed by atoms with van der Waals surface area (Å²) in [5.74, 6) is -1.33. The van der Waals surface area contributed by atoms with Crippen molar-refractivity contribution in [2.24, 2.45) is 0 Å². The molecule has 1 saturated carbocycles. The number of allylic oxidation sites excluding steroid dienone is 1. The van der Waals surface area contributed by atoms with E-state index in [9.17, 15) is 18.8 Å². The second-order valence-corrected chi connectivity index (χ2v) is 11.7. The van der Waals surface area contributed by atoms with Crippen LogP contribution in [0.2, 0.25) is 5.02 Å². The van der Waals surface area contributed by atoms with E-state index in [1.807, 2.05) is 0 Å². The number of nitrogens with one attached hydrogen (secondary N) is 1. The van der Waals surface area contributed by atoms with Crippen LogP contribution in [0.4, 0.5) is 24.8 Å². The highest BCUT2D eigenvalue weighted by atomic mass is 35.5. The summed E-state index contributed by atoms with van der Waals surface area (Å²) in [6.45, 7) is 9.47. The van der Waals surface area contributed by atoms with Crippen LogP contribution < -0.4 is 19.9 Å². The van der Waals surface area contributed by atoms with Gasteiger partial charge in [-0.05, 0) is 51.2 Å². The fourth-order valence-electron chi connectivity index (χ4n) is 3.76. The number of carbonyl (C=O) groups excluding carboxylic acids is 3. The third-order valence-electron chi connectivity index (χ3n) is 5.92. The number of amides is 4. The number of ether oxygens (including phenoxy) is 2. The highest BCUT2D eigenvalue weighted by Crippen LogP contribution is 2.37. The number of urea groups is 1. The van der Waals surface area contributed by atoms with Crippen LogP contribution in [0.25, 0.3) is 0 Å². The van der Waals surface area contributed by atoms with E-state index in [1.165, 1.54) is 22.3 Å². The van der Waals surface area contributed by atoms with Crippen molar-refractivity contribution in [2.75, 3.05) is 23.9 Å². The number of halogens is 2. The monoisotopic (exact) mass is 581 g/mol. The first kappa shape index (κ1) is 30.3. The summed E-state index contributed by atoms with van der Waals surface area (Å²) in [5, 5.41) is 12.2. The summed E-state index contributed by atoms with van der Waals surface area (Å²) >= 11 is 7.48. The van der Waals surface area contributed by atoms with Gasteiger partial charge in [0, 0.05) is 25.6 Å².